The summed E-state index contributed by atoms with van der Waals surface area (Å²) < 4.78 is 31.5. The maximum atomic E-state index is 13.4. The molecule has 0 aliphatic heterocycles. The van der Waals surface area contributed by atoms with Gasteiger partial charge in [0.15, 0.2) is 0 Å². The number of halogens is 2. The summed E-state index contributed by atoms with van der Waals surface area (Å²) in [4.78, 5) is 0. The highest BCUT2D eigenvalue weighted by Crippen LogP contribution is 2.26. The van der Waals surface area contributed by atoms with Crippen LogP contribution in [0.2, 0.25) is 0 Å². The zero-order chi connectivity index (χ0) is 13.1. The molecule has 0 aromatic heterocycles. The van der Waals surface area contributed by atoms with Gasteiger partial charge in [0, 0.05) is 17.2 Å². The third kappa shape index (κ3) is 2.59. The number of hydrogen-bond acceptors (Lipinski definition) is 2. The van der Waals surface area contributed by atoms with Crippen molar-refractivity contribution in [2.24, 2.45) is 0 Å². The van der Waals surface area contributed by atoms with Gasteiger partial charge in [0.1, 0.15) is 29.7 Å². The van der Waals surface area contributed by atoms with Gasteiger partial charge in [-0.1, -0.05) is 6.07 Å². The number of phenolic OH excluding ortho intramolecular Hbond substituents is 1. The molecule has 2 nitrogen and oxygen atoms in total. The first-order chi connectivity index (χ1) is 8.58. The van der Waals surface area contributed by atoms with Crippen LogP contribution in [-0.4, -0.2) is 5.11 Å². The van der Waals surface area contributed by atoms with E-state index in [-0.39, 0.29) is 17.9 Å². The molecule has 0 radical (unpaired) electrons. The van der Waals surface area contributed by atoms with Gasteiger partial charge in [-0.05, 0) is 31.2 Å². The van der Waals surface area contributed by atoms with Crippen molar-refractivity contribution in [3.8, 4) is 11.5 Å². The smallest absolute Gasteiger partial charge is 0.132 e. The highest BCUT2D eigenvalue weighted by atomic mass is 19.1. The molecular weight excluding hydrogens is 238 g/mol. The van der Waals surface area contributed by atoms with E-state index in [2.05, 4.69) is 0 Å². The lowest BCUT2D eigenvalue weighted by atomic mass is 10.2. The zero-order valence-corrected chi connectivity index (χ0v) is 9.78. The Labute approximate surface area is 103 Å². The first-order valence-electron chi connectivity index (χ1n) is 5.43. The van der Waals surface area contributed by atoms with Crippen LogP contribution >= 0.6 is 0 Å². The maximum absolute atomic E-state index is 13.4. The molecule has 4 heteroatoms. The minimum absolute atomic E-state index is 0.0175. The Hall–Kier alpha value is -2.10. The Bertz CT molecular complexity index is 568. The highest BCUT2D eigenvalue weighted by Gasteiger charge is 2.07. The molecule has 0 aliphatic carbocycles. The summed E-state index contributed by atoms with van der Waals surface area (Å²) in [5, 5.41) is 9.48. The van der Waals surface area contributed by atoms with Crippen molar-refractivity contribution in [2.75, 3.05) is 0 Å². The van der Waals surface area contributed by atoms with Gasteiger partial charge < -0.3 is 9.84 Å². The second kappa shape index (κ2) is 5.04. The van der Waals surface area contributed by atoms with Crippen LogP contribution in [0.15, 0.2) is 36.4 Å². The fourth-order valence-electron chi connectivity index (χ4n) is 1.55. The van der Waals surface area contributed by atoms with Crippen LogP contribution in [-0.2, 0) is 6.61 Å². The molecule has 2 aromatic rings. The minimum atomic E-state index is -0.646. The second-order valence-electron chi connectivity index (χ2n) is 3.92. The Balaban J connectivity index is 2.14. The van der Waals surface area contributed by atoms with E-state index in [9.17, 15) is 13.9 Å². The fourth-order valence-corrected chi connectivity index (χ4v) is 1.55. The van der Waals surface area contributed by atoms with Gasteiger partial charge in [-0.3, -0.25) is 0 Å². The van der Waals surface area contributed by atoms with Crippen molar-refractivity contribution in [1.29, 1.82) is 0 Å². The summed E-state index contributed by atoms with van der Waals surface area (Å²) in [6.45, 7) is 1.68. The second-order valence-corrected chi connectivity index (χ2v) is 3.92. The van der Waals surface area contributed by atoms with E-state index in [4.69, 9.17) is 4.74 Å². The molecule has 94 valence electrons. The molecular formula is C14H12F2O2. The number of rotatable bonds is 3. The molecule has 0 spiro atoms. The quantitative estimate of drug-likeness (QED) is 0.902. The molecule has 0 atom stereocenters. The predicted octanol–water partition coefficient (Wildman–Crippen LogP) is 3.56. The van der Waals surface area contributed by atoms with Crippen LogP contribution in [0.4, 0.5) is 8.78 Å². The van der Waals surface area contributed by atoms with Crippen LogP contribution in [0.3, 0.4) is 0 Å². The molecule has 1 N–H and O–H groups in total. The third-order valence-corrected chi connectivity index (χ3v) is 2.65. The van der Waals surface area contributed by atoms with Gasteiger partial charge in [0.2, 0.25) is 0 Å². The molecule has 0 saturated heterocycles. The monoisotopic (exact) mass is 250 g/mol. The summed E-state index contributed by atoms with van der Waals surface area (Å²) in [5.74, 6) is -0.677. The largest absolute Gasteiger partial charge is 0.508 e. The molecule has 2 rings (SSSR count). The number of hydrogen-bond donors (Lipinski definition) is 1. The van der Waals surface area contributed by atoms with E-state index in [1.54, 1.807) is 25.1 Å². The Morgan fingerprint density at radius 2 is 1.94 bits per heavy atom. The molecule has 0 aliphatic rings. The first kappa shape index (κ1) is 12.4. The summed E-state index contributed by atoms with van der Waals surface area (Å²) in [5.41, 5.74) is 0.846. The molecule has 2 aromatic carbocycles. The van der Waals surface area contributed by atoms with E-state index in [1.807, 2.05) is 0 Å². The van der Waals surface area contributed by atoms with E-state index in [0.717, 1.165) is 6.07 Å². The molecule has 0 unspecified atom stereocenters. The zero-order valence-electron chi connectivity index (χ0n) is 9.78. The van der Waals surface area contributed by atoms with Gasteiger partial charge in [0.05, 0.1) is 0 Å². The van der Waals surface area contributed by atoms with E-state index < -0.39 is 11.6 Å². The van der Waals surface area contributed by atoms with Crippen molar-refractivity contribution >= 4 is 0 Å². The number of ether oxygens (including phenoxy) is 1. The molecule has 0 bridgehead atoms. The van der Waals surface area contributed by atoms with Crippen LogP contribution < -0.4 is 4.74 Å². The van der Waals surface area contributed by atoms with Crippen LogP contribution in [0.5, 0.6) is 11.5 Å². The van der Waals surface area contributed by atoms with Gasteiger partial charge in [-0.25, -0.2) is 8.78 Å². The van der Waals surface area contributed by atoms with Crippen molar-refractivity contribution in [1.82, 2.24) is 0 Å². The number of benzene rings is 2. The topological polar surface area (TPSA) is 29.5 Å². The standard InChI is InChI=1S/C14H12F2O2/c1-9-13(17)3-2-4-14(9)18-8-10-5-6-11(15)7-12(10)16/h2-7,17H,8H2,1H3. The van der Waals surface area contributed by atoms with E-state index in [1.165, 1.54) is 12.1 Å². The van der Waals surface area contributed by atoms with Crippen molar-refractivity contribution in [2.45, 2.75) is 13.5 Å². The molecule has 0 fully saturated rings. The predicted molar refractivity (Wildman–Crippen MR) is 63.5 cm³/mol. The summed E-state index contributed by atoms with van der Waals surface area (Å²) in [6, 6.07) is 8.18. The van der Waals surface area contributed by atoms with Crippen LogP contribution in [0, 0.1) is 18.6 Å². The summed E-state index contributed by atoms with van der Waals surface area (Å²) in [6.07, 6.45) is 0. The average Bonchev–Trinajstić information content (AvgIpc) is 2.33. The van der Waals surface area contributed by atoms with Crippen molar-refractivity contribution < 1.29 is 18.6 Å². The SMILES string of the molecule is Cc1c(O)cccc1OCc1ccc(F)cc1F. The average molecular weight is 250 g/mol. The van der Waals surface area contributed by atoms with Gasteiger partial charge in [-0.2, -0.15) is 0 Å². The summed E-state index contributed by atoms with van der Waals surface area (Å²) in [7, 11) is 0. The van der Waals surface area contributed by atoms with Crippen LogP contribution in [0.25, 0.3) is 0 Å². The Kier molecular flexibility index (Phi) is 3.46. The maximum Gasteiger partial charge on any atom is 0.132 e. The molecule has 0 heterocycles. The lowest BCUT2D eigenvalue weighted by Gasteiger charge is -2.10. The van der Waals surface area contributed by atoms with E-state index >= 15 is 0 Å². The van der Waals surface area contributed by atoms with E-state index in [0.29, 0.717) is 11.3 Å². The Morgan fingerprint density at radius 1 is 1.17 bits per heavy atom. The first-order valence-corrected chi connectivity index (χ1v) is 5.43. The summed E-state index contributed by atoms with van der Waals surface area (Å²) >= 11 is 0. The van der Waals surface area contributed by atoms with Gasteiger partial charge in [-0.15, -0.1) is 0 Å². The fraction of sp³-hybridized carbons (Fsp3) is 0.143. The van der Waals surface area contributed by atoms with Gasteiger partial charge in [0.25, 0.3) is 0 Å². The Morgan fingerprint density at radius 3 is 2.67 bits per heavy atom. The molecule has 0 amide bonds. The lowest BCUT2D eigenvalue weighted by Crippen LogP contribution is -2.00. The van der Waals surface area contributed by atoms with Crippen molar-refractivity contribution in [3.63, 3.8) is 0 Å². The van der Waals surface area contributed by atoms with Crippen molar-refractivity contribution in [3.05, 3.63) is 59.2 Å². The number of aromatic hydroxyl groups is 1. The molecule has 0 saturated carbocycles. The number of phenols is 1. The minimum Gasteiger partial charge on any atom is -0.508 e. The van der Waals surface area contributed by atoms with Crippen LogP contribution in [0.1, 0.15) is 11.1 Å². The lowest BCUT2D eigenvalue weighted by molar-refractivity contribution is 0.295. The highest BCUT2D eigenvalue weighted by molar-refractivity contribution is 5.42. The normalized spacial score (nSPS) is 10.4. The molecule has 18 heavy (non-hydrogen) atoms. The third-order valence-electron chi connectivity index (χ3n) is 2.65. The van der Waals surface area contributed by atoms with Gasteiger partial charge >= 0.3 is 0 Å².